The normalized spacial score (nSPS) is 10.3. The lowest BCUT2D eigenvalue weighted by Gasteiger charge is -2.06. The largest absolute Gasteiger partial charge is 0.378 e. The van der Waals surface area contributed by atoms with E-state index < -0.39 is 0 Å². The van der Waals surface area contributed by atoms with Gasteiger partial charge in [-0.15, -0.1) is 11.6 Å². The summed E-state index contributed by atoms with van der Waals surface area (Å²) in [6, 6.07) is 0. The molecule has 5 heteroatoms. The highest BCUT2D eigenvalue weighted by Crippen LogP contribution is 2.04. The smallest absolute Gasteiger partial charge is 0.144 e. The van der Waals surface area contributed by atoms with E-state index in [1.54, 1.807) is 6.20 Å². The number of rotatable bonds is 6. The van der Waals surface area contributed by atoms with Crippen LogP contribution in [0, 0.1) is 13.8 Å². The van der Waals surface area contributed by atoms with Crippen molar-refractivity contribution < 1.29 is 4.74 Å². The van der Waals surface area contributed by atoms with E-state index in [4.69, 9.17) is 16.3 Å². The topological polar surface area (TPSA) is 47.0 Å². The van der Waals surface area contributed by atoms with Crippen molar-refractivity contribution in [3.63, 3.8) is 0 Å². The van der Waals surface area contributed by atoms with Crippen LogP contribution in [0.15, 0.2) is 6.20 Å². The van der Waals surface area contributed by atoms with Gasteiger partial charge in [-0.05, 0) is 13.8 Å². The minimum atomic E-state index is 0.531. The van der Waals surface area contributed by atoms with Gasteiger partial charge in [0.15, 0.2) is 0 Å². The standard InChI is InChI=1S/C10H16ClN3O/c1-8-9(2)14-10(7-13-8)12-4-6-15-5-3-11/h7H,3-6H2,1-2H3,(H,12,14). The lowest BCUT2D eigenvalue weighted by molar-refractivity contribution is 0.160. The minimum Gasteiger partial charge on any atom is -0.378 e. The summed E-state index contributed by atoms with van der Waals surface area (Å²) in [5, 5.41) is 3.13. The van der Waals surface area contributed by atoms with Crippen LogP contribution in [0.25, 0.3) is 0 Å². The van der Waals surface area contributed by atoms with E-state index in [0.29, 0.717) is 25.6 Å². The van der Waals surface area contributed by atoms with E-state index in [9.17, 15) is 0 Å². The van der Waals surface area contributed by atoms with Gasteiger partial charge in [-0.1, -0.05) is 0 Å². The highest BCUT2D eigenvalue weighted by atomic mass is 35.5. The minimum absolute atomic E-state index is 0.531. The second-order valence-electron chi connectivity index (χ2n) is 3.15. The highest BCUT2D eigenvalue weighted by molar-refractivity contribution is 6.17. The van der Waals surface area contributed by atoms with Gasteiger partial charge in [0.2, 0.25) is 0 Å². The molecule has 0 aliphatic carbocycles. The van der Waals surface area contributed by atoms with Gasteiger partial charge in [0, 0.05) is 12.4 Å². The number of hydrogen-bond acceptors (Lipinski definition) is 4. The van der Waals surface area contributed by atoms with Gasteiger partial charge in [0.05, 0.1) is 30.8 Å². The van der Waals surface area contributed by atoms with Crippen LogP contribution in [-0.2, 0) is 4.74 Å². The second kappa shape index (κ2) is 6.58. The molecule has 0 saturated heterocycles. The molecule has 0 spiro atoms. The number of nitrogens with zero attached hydrogens (tertiary/aromatic N) is 2. The van der Waals surface area contributed by atoms with E-state index in [2.05, 4.69) is 15.3 Å². The Kier molecular flexibility index (Phi) is 5.36. The van der Waals surface area contributed by atoms with Crippen LogP contribution in [0.1, 0.15) is 11.4 Å². The average Bonchev–Trinajstić information content (AvgIpc) is 2.23. The maximum Gasteiger partial charge on any atom is 0.144 e. The Morgan fingerprint density at radius 1 is 1.33 bits per heavy atom. The van der Waals surface area contributed by atoms with Crippen molar-refractivity contribution in [2.45, 2.75) is 13.8 Å². The molecule has 0 radical (unpaired) electrons. The van der Waals surface area contributed by atoms with Gasteiger partial charge >= 0.3 is 0 Å². The van der Waals surface area contributed by atoms with E-state index in [1.165, 1.54) is 0 Å². The van der Waals surface area contributed by atoms with Crippen molar-refractivity contribution >= 4 is 17.4 Å². The Bertz CT molecular complexity index is 307. The van der Waals surface area contributed by atoms with Crippen molar-refractivity contribution in [2.24, 2.45) is 0 Å². The first kappa shape index (κ1) is 12.2. The summed E-state index contributed by atoms with van der Waals surface area (Å²) in [7, 11) is 0. The molecule has 0 bridgehead atoms. The first-order valence-corrected chi connectivity index (χ1v) is 5.45. The fourth-order valence-electron chi connectivity index (χ4n) is 1.03. The van der Waals surface area contributed by atoms with Gasteiger partial charge in [0.1, 0.15) is 5.82 Å². The third-order valence-electron chi connectivity index (χ3n) is 1.97. The van der Waals surface area contributed by atoms with Crippen LogP contribution in [0.3, 0.4) is 0 Å². The first-order valence-electron chi connectivity index (χ1n) is 4.92. The fourth-order valence-corrected chi connectivity index (χ4v) is 1.14. The zero-order valence-electron chi connectivity index (χ0n) is 9.09. The fraction of sp³-hybridized carbons (Fsp3) is 0.600. The van der Waals surface area contributed by atoms with Crippen LogP contribution < -0.4 is 5.32 Å². The molecule has 15 heavy (non-hydrogen) atoms. The summed E-state index contributed by atoms with van der Waals surface area (Å²) >= 11 is 5.47. The Hall–Kier alpha value is -0.870. The predicted molar refractivity (Wildman–Crippen MR) is 61.5 cm³/mol. The maximum atomic E-state index is 5.47. The van der Waals surface area contributed by atoms with Crippen LogP contribution in [-0.4, -0.2) is 35.6 Å². The van der Waals surface area contributed by atoms with Crippen LogP contribution in [0.4, 0.5) is 5.82 Å². The molecular formula is C10H16ClN3O. The number of aryl methyl sites for hydroxylation is 2. The molecule has 1 heterocycles. The van der Waals surface area contributed by atoms with Crippen molar-refractivity contribution in [2.75, 3.05) is 31.0 Å². The molecule has 1 aromatic heterocycles. The number of ether oxygens (including phenoxy) is 1. The average molecular weight is 230 g/mol. The number of halogens is 1. The number of anilines is 1. The predicted octanol–water partition coefficient (Wildman–Crippen LogP) is 1.76. The van der Waals surface area contributed by atoms with E-state index in [-0.39, 0.29) is 0 Å². The molecule has 0 fully saturated rings. The van der Waals surface area contributed by atoms with Crippen molar-refractivity contribution in [3.05, 3.63) is 17.6 Å². The van der Waals surface area contributed by atoms with Crippen molar-refractivity contribution in [3.8, 4) is 0 Å². The Morgan fingerprint density at radius 3 is 2.80 bits per heavy atom. The maximum absolute atomic E-state index is 5.47. The van der Waals surface area contributed by atoms with E-state index in [0.717, 1.165) is 17.2 Å². The summed E-state index contributed by atoms with van der Waals surface area (Å²) in [4.78, 5) is 8.54. The van der Waals surface area contributed by atoms with Crippen LogP contribution in [0.2, 0.25) is 0 Å². The summed E-state index contributed by atoms with van der Waals surface area (Å²) < 4.78 is 5.22. The second-order valence-corrected chi connectivity index (χ2v) is 3.53. The highest BCUT2D eigenvalue weighted by Gasteiger charge is 1.98. The molecule has 0 aliphatic heterocycles. The van der Waals surface area contributed by atoms with Crippen molar-refractivity contribution in [1.82, 2.24) is 9.97 Å². The van der Waals surface area contributed by atoms with Gasteiger partial charge in [-0.25, -0.2) is 4.98 Å². The third-order valence-corrected chi connectivity index (χ3v) is 2.12. The molecule has 0 saturated carbocycles. The van der Waals surface area contributed by atoms with Crippen LogP contribution >= 0.6 is 11.6 Å². The molecule has 0 aliphatic rings. The molecule has 1 N–H and O–H groups in total. The molecule has 0 amide bonds. The molecule has 0 aromatic carbocycles. The summed E-state index contributed by atoms with van der Waals surface area (Å²) in [5.74, 6) is 1.32. The summed E-state index contributed by atoms with van der Waals surface area (Å²) in [6.07, 6.45) is 1.73. The molecule has 4 nitrogen and oxygen atoms in total. The van der Waals surface area contributed by atoms with Gasteiger partial charge < -0.3 is 10.1 Å². The summed E-state index contributed by atoms with van der Waals surface area (Å²) in [6.45, 7) is 5.81. The van der Waals surface area contributed by atoms with E-state index >= 15 is 0 Å². The molecule has 0 atom stereocenters. The zero-order valence-corrected chi connectivity index (χ0v) is 9.84. The lowest BCUT2D eigenvalue weighted by atomic mass is 10.3. The number of aromatic nitrogens is 2. The Labute approximate surface area is 95.0 Å². The number of alkyl halides is 1. The van der Waals surface area contributed by atoms with E-state index in [1.807, 2.05) is 13.8 Å². The number of hydrogen-bond donors (Lipinski definition) is 1. The van der Waals surface area contributed by atoms with Gasteiger partial charge in [0.25, 0.3) is 0 Å². The Morgan fingerprint density at radius 2 is 2.13 bits per heavy atom. The molecule has 1 rings (SSSR count). The van der Waals surface area contributed by atoms with Gasteiger partial charge in [-0.2, -0.15) is 0 Å². The lowest BCUT2D eigenvalue weighted by Crippen LogP contribution is -2.12. The number of nitrogens with one attached hydrogen (secondary N) is 1. The first-order chi connectivity index (χ1) is 7.24. The van der Waals surface area contributed by atoms with Crippen molar-refractivity contribution in [1.29, 1.82) is 0 Å². The molecule has 84 valence electrons. The van der Waals surface area contributed by atoms with Gasteiger partial charge in [-0.3, -0.25) is 4.98 Å². The molecule has 0 unspecified atom stereocenters. The molecule has 1 aromatic rings. The van der Waals surface area contributed by atoms with Crippen LogP contribution in [0.5, 0.6) is 0 Å². The third kappa shape index (κ3) is 4.44. The molecular weight excluding hydrogens is 214 g/mol. The Balaban J connectivity index is 2.28. The SMILES string of the molecule is Cc1ncc(NCCOCCCl)nc1C. The zero-order chi connectivity index (χ0) is 11.1. The summed E-state index contributed by atoms with van der Waals surface area (Å²) in [5.41, 5.74) is 1.90. The quantitative estimate of drug-likeness (QED) is 0.597. The monoisotopic (exact) mass is 229 g/mol.